The number of hydrogen-bond donors (Lipinski definition) is 1. The molecule has 6 nitrogen and oxygen atoms in total. The second kappa shape index (κ2) is 6.95. The summed E-state index contributed by atoms with van der Waals surface area (Å²) in [4.78, 5) is 27.0. The number of rotatable bonds is 4. The van der Waals surface area contributed by atoms with Gasteiger partial charge in [0.15, 0.2) is 0 Å². The molecule has 144 valence electrons. The molecule has 1 saturated heterocycles. The van der Waals surface area contributed by atoms with Gasteiger partial charge < -0.3 is 10.1 Å². The minimum Gasteiger partial charge on any atom is -0.497 e. The molecule has 1 N–H and O–H groups in total. The third kappa shape index (κ3) is 3.17. The molecule has 1 aliphatic heterocycles. The van der Waals surface area contributed by atoms with Crippen molar-refractivity contribution in [1.29, 1.82) is 5.26 Å². The largest absolute Gasteiger partial charge is 0.497 e. The van der Waals surface area contributed by atoms with Crippen molar-refractivity contribution in [3.63, 3.8) is 0 Å². The third-order valence-electron chi connectivity index (χ3n) is 5.32. The highest BCUT2D eigenvalue weighted by Crippen LogP contribution is 2.32. The van der Waals surface area contributed by atoms with Gasteiger partial charge in [-0.3, -0.25) is 9.69 Å². The zero-order valence-corrected chi connectivity index (χ0v) is 16.1. The van der Waals surface area contributed by atoms with E-state index in [9.17, 15) is 9.59 Å². The van der Waals surface area contributed by atoms with Crippen LogP contribution in [0.4, 0.5) is 4.79 Å². The summed E-state index contributed by atoms with van der Waals surface area (Å²) < 4.78 is 5.25. The number of nitriles is 1. The van der Waals surface area contributed by atoms with Gasteiger partial charge in [-0.05, 0) is 59.2 Å². The second-order valence-corrected chi connectivity index (χ2v) is 7.18. The number of benzene rings is 3. The van der Waals surface area contributed by atoms with Gasteiger partial charge in [0.1, 0.15) is 11.3 Å². The van der Waals surface area contributed by atoms with E-state index in [0.29, 0.717) is 5.56 Å². The molecule has 4 rings (SSSR count). The summed E-state index contributed by atoms with van der Waals surface area (Å²) in [5.74, 6) is 0.454. The molecule has 1 heterocycles. The summed E-state index contributed by atoms with van der Waals surface area (Å²) in [5.41, 5.74) is 0.888. The number of urea groups is 1. The lowest BCUT2D eigenvalue weighted by Gasteiger charge is -2.23. The zero-order valence-electron chi connectivity index (χ0n) is 16.1. The molecule has 3 amide bonds. The van der Waals surface area contributed by atoms with Gasteiger partial charge in [0.05, 0.1) is 25.3 Å². The number of methoxy groups -OCH3 is 1. The summed E-state index contributed by atoms with van der Waals surface area (Å²) in [5, 5.41) is 13.7. The Balaban J connectivity index is 1.63. The van der Waals surface area contributed by atoms with E-state index >= 15 is 0 Å². The van der Waals surface area contributed by atoms with Crippen LogP contribution in [0.25, 0.3) is 10.8 Å². The van der Waals surface area contributed by atoms with Crippen LogP contribution in [0.5, 0.6) is 5.75 Å². The Morgan fingerprint density at radius 2 is 1.72 bits per heavy atom. The highest BCUT2D eigenvalue weighted by molar-refractivity contribution is 6.07. The Bertz CT molecular complexity index is 1160. The first-order chi connectivity index (χ1) is 13.9. The lowest BCUT2D eigenvalue weighted by atomic mass is 9.90. The van der Waals surface area contributed by atoms with Gasteiger partial charge in [0.25, 0.3) is 5.91 Å². The Kier molecular flexibility index (Phi) is 4.44. The molecule has 1 atom stereocenters. The van der Waals surface area contributed by atoms with E-state index in [1.165, 1.54) is 4.90 Å². The first-order valence-electron chi connectivity index (χ1n) is 9.16. The van der Waals surface area contributed by atoms with Gasteiger partial charge >= 0.3 is 6.03 Å². The first kappa shape index (κ1) is 18.5. The van der Waals surface area contributed by atoms with Crippen LogP contribution in [-0.4, -0.2) is 23.9 Å². The summed E-state index contributed by atoms with van der Waals surface area (Å²) in [6.07, 6.45) is 0. The molecule has 3 aromatic rings. The maximum absolute atomic E-state index is 13.2. The van der Waals surface area contributed by atoms with E-state index in [-0.39, 0.29) is 12.5 Å². The number of ether oxygens (including phenoxy) is 1. The Morgan fingerprint density at radius 3 is 2.41 bits per heavy atom. The van der Waals surface area contributed by atoms with Crippen molar-refractivity contribution < 1.29 is 14.3 Å². The quantitative estimate of drug-likeness (QED) is 0.695. The van der Waals surface area contributed by atoms with Crippen molar-refractivity contribution in [2.75, 3.05) is 7.11 Å². The van der Waals surface area contributed by atoms with Crippen LogP contribution in [0, 0.1) is 11.3 Å². The normalized spacial score (nSPS) is 18.6. The molecule has 1 aliphatic rings. The number of amides is 3. The summed E-state index contributed by atoms with van der Waals surface area (Å²) in [7, 11) is 1.62. The number of carbonyl (C=O) groups excluding carboxylic acids is 2. The molecule has 0 spiro atoms. The zero-order chi connectivity index (χ0) is 20.6. The van der Waals surface area contributed by atoms with Gasteiger partial charge in [-0.2, -0.15) is 5.26 Å². The van der Waals surface area contributed by atoms with E-state index in [1.54, 1.807) is 38.3 Å². The number of carbonyl (C=O) groups is 2. The molecule has 1 fully saturated rings. The van der Waals surface area contributed by atoms with Gasteiger partial charge in [0.2, 0.25) is 0 Å². The van der Waals surface area contributed by atoms with E-state index in [0.717, 1.165) is 27.6 Å². The van der Waals surface area contributed by atoms with Crippen LogP contribution < -0.4 is 10.1 Å². The molecular weight excluding hydrogens is 366 g/mol. The van der Waals surface area contributed by atoms with E-state index in [4.69, 9.17) is 10.00 Å². The number of hydrogen-bond acceptors (Lipinski definition) is 4. The predicted molar refractivity (Wildman–Crippen MR) is 108 cm³/mol. The summed E-state index contributed by atoms with van der Waals surface area (Å²) in [6, 6.07) is 19.9. The molecule has 0 bridgehead atoms. The van der Waals surface area contributed by atoms with Crippen LogP contribution >= 0.6 is 0 Å². The molecule has 3 aromatic carbocycles. The fourth-order valence-corrected chi connectivity index (χ4v) is 3.57. The summed E-state index contributed by atoms with van der Waals surface area (Å²) in [6.45, 7) is 1.87. The third-order valence-corrected chi connectivity index (χ3v) is 5.32. The van der Waals surface area contributed by atoms with Gasteiger partial charge in [0, 0.05) is 0 Å². The number of nitrogens with one attached hydrogen (secondary N) is 1. The fourth-order valence-electron chi connectivity index (χ4n) is 3.57. The Labute approximate surface area is 168 Å². The number of imide groups is 1. The minimum atomic E-state index is -1.14. The first-order valence-corrected chi connectivity index (χ1v) is 9.16. The van der Waals surface area contributed by atoms with Gasteiger partial charge in [-0.25, -0.2) is 4.79 Å². The monoisotopic (exact) mass is 385 g/mol. The van der Waals surface area contributed by atoms with Crippen LogP contribution in [0.15, 0.2) is 60.7 Å². The standard InChI is InChI=1S/C23H19N3O3/c1-23(19-9-7-18-12-20(29-2)10-8-17(18)11-19)21(27)26(22(28)25-23)14-16-5-3-15(13-24)4-6-16/h3-12H,14H2,1-2H3,(H,25,28)/t23-/m0/s1. The molecule has 29 heavy (non-hydrogen) atoms. The highest BCUT2D eigenvalue weighted by atomic mass is 16.5. The van der Waals surface area contributed by atoms with Crippen LogP contribution in [0.3, 0.4) is 0 Å². The fraction of sp³-hybridized carbons (Fsp3) is 0.174. The topological polar surface area (TPSA) is 82.4 Å². The molecular formula is C23H19N3O3. The van der Waals surface area contributed by atoms with Gasteiger partial charge in [-0.15, -0.1) is 0 Å². The average molecular weight is 385 g/mol. The Hall–Kier alpha value is -3.85. The number of nitrogens with zero attached hydrogens (tertiary/aromatic N) is 2. The van der Waals surface area contributed by atoms with E-state index in [1.807, 2.05) is 36.4 Å². The van der Waals surface area contributed by atoms with Crippen molar-refractivity contribution in [2.45, 2.75) is 19.0 Å². The predicted octanol–water partition coefficient (Wildman–Crippen LogP) is 3.69. The lowest BCUT2D eigenvalue weighted by molar-refractivity contribution is -0.131. The van der Waals surface area contributed by atoms with Crippen molar-refractivity contribution in [3.8, 4) is 11.8 Å². The van der Waals surface area contributed by atoms with Crippen LogP contribution in [0.1, 0.15) is 23.6 Å². The minimum absolute atomic E-state index is 0.150. The summed E-state index contributed by atoms with van der Waals surface area (Å²) >= 11 is 0. The second-order valence-electron chi connectivity index (χ2n) is 7.18. The van der Waals surface area contributed by atoms with Crippen molar-refractivity contribution in [3.05, 3.63) is 77.4 Å². The molecule has 0 saturated carbocycles. The molecule has 0 aliphatic carbocycles. The smallest absolute Gasteiger partial charge is 0.325 e. The van der Waals surface area contributed by atoms with Crippen LogP contribution in [-0.2, 0) is 16.9 Å². The van der Waals surface area contributed by atoms with Crippen molar-refractivity contribution >= 4 is 22.7 Å². The van der Waals surface area contributed by atoms with E-state index in [2.05, 4.69) is 11.4 Å². The highest BCUT2D eigenvalue weighted by Gasteiger charge is 2.48. The molecule has 0 radical (unpaired) electrons. The molecule has 6 heteroatoms. The molecule has 0 aromatic heterocycles. The van der Waals surface area contributed by atoms with Crippen LogP contribution in [0.2, 0.25) is 0 Å². The Morgan fingerprint density at radius 1 is 1.03 bits per heavy atom. The van der Waals surface area contributed by atoms with Crippen molar-refractivity contribution in [2.24, 2.45) is 0 Å². The van der Waals surface area contributed by atoms with Gasteiger partial charge in [-0.1, -0.05) is 30.3 Å². The number of fused-ring (bicyclic) bond motifs is 1. The van der Waals surface area contributed by atoms with E-state index < -0.39 is 11.6 Å². The average Bonchev–Trinajstić information content (AvgIpc) is 2.97. The molecule has 0 unspecified atom stereocenters. The maximum Gasteiger partial charge on any atom is 0.325 e. The lowest BCUT2D eigenvalue weighted by Crippen LogP contribution is -2.40. The SMILES string of the molecule is COc1ccc2cc([C@]3(C)NC(=O)N(Cc4ccc(C#N)cc4)C3=O)ccc2c1. The van der Waals surface area contributed by atoms with Crippen molar-refractivity contribution in [1.82, 2.24) is 10.2 Å². The maximum atomic E-state index is 13.2.